The third-order valence-corrected chi connectivity index (χ3v) is 5.63. The van der Waals surface area contributed by atoms with Gasteiger partial charge in [-0.1, -0.05) is 18.2 Å². The summed E-state index contributed by atoms with van der Waals surface area (Å²) < 4.78 is 16.6. The van der Waals surface area contributed by atoms with E-state index in [4.69, 9.17) is 13.9 Å². The summed E-state index contributed by atoms with van der Waals surface area (Å²) in [5.41, 5.74) is 2.87. The first-order chi connectivity index (χ1) is 15.6. The Balaban J connectivity index is 1.35. The highest BCUT2D eigenvalue weighted by molar-refractivity contribution is 5.75. The summed E-state index contributed by atoms with van der Waals surface area (Å²) in [5, 5.41) is 3.00. The monoisotopic (exact) mass is 436 g/mol. The summed E-state index contributed by atoms with van der Waals surface area (Å²) >= 11 is 0. The van der Waals surface area contributed by atoms with Crippen LogP contribution in [-0.4, -0.2) is 56.3 Å². The number of para-hydroxylation sites is 1. The van der Waals surface area contributed by atoms with E-state index in [-0.39, 0.29) is 6.03 Å². The van der Waals surface area contributed by atoms with Crippen molar-refractivity contribution in [3.05, 3.63) is 60.1 Å². The van der Waals surface area contributed by atoms with Gasteiger partial charge in [0.15, 0.2) is 11.7 Å². The maximum atomic E-state index is 12.6. The molecule has 4 rings (SSSR count). The highest BCUT2D eigenvalue weighted by atomic mass is 16.5. The molecule has 32 heavy (non-hydrogen) atoms. The number of aromatic nitrogens is 1. The first-order valence-corrected chi connectivity index (χ1v) is 10.6. The van der Waals surface area contributed by atoms with Crippen molar-refractivity contribution in [2.75, 3.05) is 45.3 Å². The summed E-state index contributed by atoms with van der Waals surface area (Å²) in [6.45, 7) is 5.02. The van der Waals surface area contributed by atoms with Crippen molar-refractivity contribution >= 4 is 11.7 Å². The van der Waals surface area contributed by atoms with Crippen molar-refractivity contribution < 1.29 is 18.7 Å². The number of amides is 2. The van der Waals surface area contributed by atoms with Crippen LogP contribution in [0.15, 0.2) is 53.1 Å². The van der Waals surface area contributed by atoms with Gasteiger partial charge in [-0.15, -0.1) is 0 Å². The van der Waals surface area contributed by atoms with Crippen LogP contribution in [0.1, 0.15) is 11.5 Å². The molecule has 2 aromatic carbocycles. The van der Waals surface area contributed by atoms with E-state index in [9.17, 15) is 4.79 Å². The van der Waals surface area contributed by atoms with Gasteiger partial charge in [0.25, 0.3) is 0 Å². The second-order valence-electron chi connectivity index (χ2n) is 7.57. The standard InChI is InChI=1S/C24H28N4O4/c1-17-25-16-23(32-17)20-9-8-19(14-22(20)31-3)27-10-12-28(13-11-27)24(29)26-15-18-6-4-5-7-21(18)30-2/h4-9,14,16H,10-13,15H2,1-3H3,(H,26,29). The smallest absolute Gasteiger partial charge is 0.317 e. The summed E-state index contributed by atoms with van der Waals surface area (Å²) in [6.07, 6.45) is 1.70. The van der Waals surface area contributed by atoms with Crippen molar-refractivity contribution in [1.82, 2.24) is 15.2 Å². The molecule has 1 aromatic heterocycles. The molecule has 0 spiro atoms. The number of aryl methyl sites for hydroxylation is 1. The van der Waals surface area contributed by atoms with Gasteiger partial charge in [-0.25, -0.2) is 9.78 Å². The van der Waals surface area contributed by atoms with E-state index in [1.165, 1.54) is 0 Å². The number of rotatable bonds is 6. The average Bonchev–Trinajstić information content (AvgIpc) is 3.28. The number of carbonyl (C=O) groups is 1. The minimum absolute atomic E-state index is 0.0656. The third kappa shape index (κ3) is 4.64. The average molecular weight is 437 g/mol. The Morgan fingerprint density at radius 3 is 2.50 bits per heavy atom. The number of carbonyl (C=O) groups excluding carboxylic acids is 1. The molecule has 2 heterocycles. The molecule has 3 aromatic rings. The second-order valence-corrected chi connectivity index (χ2v) is 7.57. The lowest BCUT2D eigenvalue weighted by Gasteiger charge is -2.36. The third-order valence-electron chi connectivity index (χ3n) is 5.63. The highest BCUT2D eigenvalue weighted by Gasteiger charge is 2.22. The molecule has 0 saturated carbocycles. The number of nitrogens with one attached hydrogen (secondary N) is 1. The zero-order valence-electron chi connectivity index (χ0n) is 18.6. The van der Waals surface area contributed by atoms with Gasteiger partial charge in [0.2, 0.25) is 0 Å². The van der Waals surface area contributed by atoms with Gasteiger partial charge in [-0.2, -0.15) is 0 Å². The summed E-state index contributed by atoms with van der Waals surface area (Å²) in [6, 6.07) is 13.7. The molecule has 1 fully saturated rings. The minimum atomic E-state index is -0.0656. The van der Waals surface area contributed by atoms with Crippen molar-refractivity contribution in [2.45, 2.75) is 13.5 Å². The van der Waals surface area contributed by atoms with Crippen LogP contribution in [0.4, 0.5) is 10.5 Å². The van der Waals surface area contributed by atoms with E-state index < -0.39 is 0 Å². The number of hydrogen-bond acceptors (Lipinski definition) is 6. The Morgan fingerprint density at radius 2 is 1.81 bits per heavy atom. The largest absolute Gasteiger partial charge is 0.496 e. The number of piperazine rings is 1. The van der Waals surface area contributed by atoms with Gasteiger partial charge < -0.3 is 29.0 Å². The number of hydrogen-bond donors (Lipinski definition) is 1. The highest BCUT2D eigenvalue weighted by Crippen LogP contribution is 2.34. The maximum Gasteiger partial charge on any atom is 0.317 e. The molecule has 1 N–H and O–H groups in total. The van der Waals surface area contributed by atoms with Crippen molar-refractivity contribution in [3.63, 3.8) is 0 Å². The zero-order valence-corrected chi connectivity index (χ0v) is 18.6. The van der Waals surface area contributed by atoms with Crippen LogP contribution in [0.25, 0.3) is 11.3 Å². The summed E-state index contributed by atoms with van der Waals surface area (Å²) in [5.74, 6) is 2.81. The SMILES string of the molecule is COc1ccccc1CNC(=O)N1CCN(c2ccc(-c3cnc(C)o3)c(OC)c2)CC1. The van der Waals surface area contributed by atoms with E-state index in [1.54, 1.807) is 20.4 Å². The van der Waals surface area contributed by atoms with E-state index >= 15 is 0 Å². The molecule has 2 amide bonds. The molecule has 0 radical (unpaired) electrons. The van der Waals surface area contributed by atoms with E-state index in [0.717, 1.165) is 41.4 Å². The van der Waals surface area contributed by atoms with Gasteiger partial charge in [0, 0.05) is 57.0 Å². The van der Waals surface area contributed by atoms with Gasteiger partial charge in [-0.3, -0.25) is 0 Å². The Hall–Kier alpha value is -3.68. The first-order valence-electron chi connectivity index (χ1n) is 10.6. The maximum absolute atomic E-state index is 12.6. The van der Waals surface area contributed by atoms with Crippen LogP contribution >= 0.6 is 0 Å². The number of methoxy groups -OCH3 is 2. The number of urea groups is 1. The number of oxazole rings is 1. The lowest BCUT2D eigenvalue weighted by Crippen LogP contribution is -2.51. The Bertz CT molecular complexity index is 1070. The topological polar surface area (TPSA) is 80.1 Å². The number of ether oxygens (including phenoxy) is 2. The molecule has 8 heteroatoms. The lowest BCUT2D eigenvalue weighted by molar-refractivity contribution is 0.194. The molecule has 8 nitrogen and oxygen atoms in total. The number of anilines is 1. The first kappa shape index (κ1) is 21.5. The quantitative estimate of drug-likeness (QED) is 0.635. The van der Waals surface area contributed by atoms with Crippen molar-refractivity contribution in [2.24, 2.45) is 0 Å². The molecule has 0 bridgehead atoms. The van der Waals surface area contributed by atoms with Crippen LogP contribution in [0.2, 0.25) is 0 Å². The summed E-state index contributed by atoms with van der Waals surface area (Å²) in [4.78, 5) is 20.9. The molecule has 0 atom stereocenters. The molecular formula is C24H28N4O4. The molecule has 1 aliphatic rings. The number of benzene rings is 2. The van der Waals surface area contributed by atoms with Crippen LogP contribution < -0.4 is 19.7 Å². The van der Waals surface area contributed by atoms with E-state index in [2.05, 4.69) is 15.2 Å². The zero-order chi connectivity index (χ0) is 22.5. The Kier molecular flexibility index (Phi) is 6.49. The fourth-order valence-corrected chi connectivity index (χ4v) is 3.87. The van der Waals surface area contributed by atoms with Crippen LogP contribution in [0, 0.1) is 6.92 Å². The predicted octanol–water partition coefficient (Wildman–Crippen LogP) is 3.70. The molecule has 0 aliphatic carbocycles. The summed E-state index contributed by atoms with van der Waals surface area (Å²) in [7, 11) is 3.28. The van der Waals surface area contributed by atoms with Crippen LogP contribution in [0.3, 0.4) is 0 Å². The fourth-order valence-electron chi connectivity index (χ4n) is 3.87. The van der Waals surface area contributed by atoms with Crippen molar-refractivity contribution in [3.8, 4) is 22.8 Å². The van der Waals surface area contributed by atoms with Crippen LogP contribution in [-0.2, 0) is 6.54 Å². The van der Waals surface area contributed by atoms with Gasteiger partial charge in [0.05, 0.1) is 26.0 Å². The Morgan fingerprint density at radius 1 is 1.06 bits per heavy atom. The van der Waals surface area contributed by atoms with E-state index in [0.29, 0.717) is 31.3 Å². The molecule has 0 unspecified atom stereocenters. The fraction of sp³-hybridized carbons (Fsp3) is 0.333. The Labute approximate surface area is 187 Å². The molecule has 1 saturated heterocycles. The normalized spacial score (nSPS) is 13.7. The lowest BCUT2D eigenvalue weighted by atomic mass is 10.1. The van der Waals surface area contributed by atoms with E-state index in [1.807, 2.05) is 54.3 Å². The van der Waals surface area contributed by atoms with Gasteiger partial charge in [0.1, 0.15) is 11.5 Å². The minimum Gasteiger partial charge on any atom is -0.496 e. The van der Waals surface area contributed by atoms with Gasteiger partial charge in [-0.05, 0) is 18.2 Å². The van der Waals surface area contributed by atoms with Crippen LogP contribution in [0.5, 0.6) is 11.5 Å². The van der Waals surface area contributed by atoms with Gasteiger partial charge >= 0.3 is 6.03 Å². The predicted molar refractivity (Wildman–Crippen MR) is 122 cm³/mol. The second kappa shape index (κ2) is 9.64. The molecule has 168 valence electrons. The van der Waals surface area contributed by atoms with Crippen molar-refractivity contribution in [1.29, 1.82) is 0 Å². The number of nitrogens with zero attached hydrogens (tertiary/aromatic N) is 3. The molecular weight excluding hydrogens is 408 g/mol. The molecule has 1 aliphatic heterocycles.